The lowest BCUT2D eigenvalue weighted by Gasteiger charge is -2.30. The summed E-state index contributed by atoms with van der Waals surface area (Å²) in [5.41, 5.74) is 5.39. The fourth-order valence-corrected chi connectivity index (χ4v) is 4.19. The summed E-state index contributed by atoms with van der Waals surface area (Å²) in [7, 11) is 0. The fraction of sp³-hybridized carbons (Fsp3) is 0.556. The van der Waals surface area contributed by atoms with Crippen LogP contribution in [0.4, 0.5) is 0 Å². The van der Waals surface area contributed by atoms with Crippen molar-refractivity contribution >= 4 is 0 Å². The maximum Gasteiger partial charge on any atom is 0.0179 e. The Balaban J connectivity index is 2.08. The van der Waals surface area contributed by atoms with E-state index in [1.807, 2.05) is 0 Å². The standard InChI is InChI=1S/C18H24/c1-17(2)13-18(3,14-9-5-4-6-10-14)16-12-8-7-11-15(16)17/h5,9-12H,4,6-8,13H2,1-3H3. The molecule has 0 heterocycles. The Bertz CT molecular complexity index is 482. The summed E-state index contributed by atoms with van der Waals surface area (Å²) < 4.78 is 0. The Hall–Kier alpha value is -1.04. The van der Waals surface area contributed by atoms with Crippen LogP contribution in [0, 0.1) is 10.8 Å². The van der Waals surface area contributed by atoms with Crippen LogP contribution in [0.2, 0.25) is 0 Å². The van der Waals surface area contributed by atoms with E-state index in [1.165, 1.54) is 32.1 Å². The molecule has 1 fully saturated rings. The number of rotatable bonds is 1. The molecule has 0 amide bonds. The second-order valence-electron chi connectivity index (χ2n) is 6.84. The van der Waals surface area contributed by atoms with Crippen LogP contribution in [0.1, 0.15) is 52.9 Å². The van der Waals surface area contributed by atoms with E-state index in [0.717, 1.165) is 0 Å². The minimum Gasteiger partial charge on any atom is -0.0839 e. The van der Waals surface area contributed by atoms with Crippen molar-refractivity contribution in [3.63, 3.8) is 0 Å². The molecule has 3 rings (SSSR count). The molecule has 0 aromatic heterocycles. The van der Waals surface area contributed by atoms with E-state index in [1.54, 1.807) is 16.7 Å². The molecule has 0 bridgehead atoms. The van der Waals surface area contributed by atoms with Crippen LogP contribution >= 0.6 is 0 Å². The van der Waals surface area contributed by atoms with Crippen LogP contribution < -0.4 is 0 Å². The first-order valence-electron chi connectivity index (χ1n) is 7.33. The summed E-state index contributed by atoms with van der Waals surface area (Å²) in [5, 5.41) is 0. The molecular formula is C18H24. The number of allylic oxidation sites excluding steroid dienone is 8. The molecule has 0 N–H and O–H groups in total. The fourth-order valence-electron chi connectivity index (χ4n) is 4.19. The largest absolute Gasteiger partial charge is 0.0839 e. The van der Waals surface area contributed by atoms with E-state index in [0.29, 0.717) is 5.41 Å². The van der Waals surface area contributed by atoms with Gasteiger partial charge >= 0.3 is 0 Å². The lowest BCUT2D eigenvalue weighted by Crippen LogP contribution is -2.19. The van der Waals surface area contributed by atoms with Crippen LogP contribution in [0.15, 0.2) is 47.1 Å². The normalized spacial score (nSPS) is 33.6. The van der Waals surface area contributed by atoms with Crippen molar-refractivity contribution in [3.8, 4) is 0 Å². The molecule has 0 aliphatic heterocycles. The van der Waals surface area contributed by atoms with Crippen molar-refractivity contribution in [1.29, 1.82) is 0 Å². The zero-order chi connectivity index (χ0) is 12.8. The maximum atomic E-state index is 2.51. The van der Waals surface area contributed by atoms with Gasteiger partial charge in [-0.15, -0.1) is 0 Å². The quantitative estimate of drug-likeness (QED) is 0.580. The molecule has 0 radical (unpaired) electrons. The van der Waals surface area contributed by atoms with Gasteiger partial charge in [0, 0.05) is 5.41 Å². The molecule has 0 nitrogen and oxygen atoms in total. The van der Waals surface area contributed by atoms with E-state index in [9.17, 15) is 0 Å². The number of hydrogen-bond acceptors (Lipinski definition) is 0. The molecular weight excluding hydrogens is 216 g/mol. The van der Waals surface area contributed by atoms with Gasteiger partial charge in [-0.2, -0.15) is 0 Å². The van der Waals surface area contributed by atoms with E-state index in [-0.39, 0.29) is 5.41 Å². The third-order valence-corrected chi connectivity index (χ3v) is 4.90. The Morgan fingerprint density at radius 3 is 2.17 bits per heavy atom. The molecule has 18 heavy (non-hydrogen) atoms. The zero-order valence-electron chi connectivity index (χ0n) is 11.9. The van der Waals surface area contributed by atoms with Crippen LogP contribution in [0.3, 0.4) is 0 Å². The second-order valence-corrected chi connectivity index (χ2v) is 6.84. The molecule has 0 saturated heterocycles. The van der Waals surface area contributed by atoms with Crippen LogP contribution in [-0.4, -0.2) is 0 Å². The molecule has 0 aromatic carbocycles. The zero-order valence-corrected chi connectivity index (χ0v) is 11.9. The van der Waals surface area contributed by atoms with Crippen LogP contribution in [0.5, 0.6) is 0 Å². The van der Waals surface area contributed by atoms with Gasteiger partial charge < -0.3 is 0 Å². The summed E-state index contributed by atoms with van der Waals surface area (Å²) in [6, 6.07) is 0. The average molecular weight is 240 g/mol. The van der Waals surface area contributed by atoms with E-state index in [4.69, 9.17) is 0 Å². The SMILES string of the molecule is CC1(C)CC(C)(C2=CCCC=C2)C2=CCCC=C21. The van der Waals surface area contributed by atoms with Gasteiger partial charge in [0.1, 0.15) is 0 Å². The monoisotopic (exact) mass is 240 g/mol. The summed E-state index contributed by atoms with van der Waals surface area (Å²) in [4.78, 5) is 0. The maximum absolute atomic E-state index is 2.51. The Labute approximate surface area is 111 Å². The minimum atomic E-state index is 0.257. The Morgan fingerprint density at radius 2 is 1.50 bits per heavy atom. The molecule has 0 heteroatoms. The molecule has 0 aromatic rings. The number of fused-ring (bicyclic) bond motifs is 1. The van der Waals surface area contributed by atoms with E-state index >= 15 is 0 Å². The summed E-state index contributed by atoms with van der Waals surface area (Å²) in [6.45, 7) is 7.28. The smallest absolute Gasteiger partial charge is 0.0179 e. The van der Waals surface area contributed by atoms with Gasteiger partial charge in [0.25, 0.3) is 0 Å². The first-order valence-corrected chi connectivity index (χ1v) is 7.33. The van der Waals surface area contributed by atoms with Gasteiger partial charge in [-0.3, -0.25) is 0 Å². The van der Waals surface area contributed by atoms with Crippen molar-refractivity contribution < 1.29 is 0 Å². The highest BCUT2D eigenvalue weighted by Crippen LogP contribution is 2.60. The first kappa shape index (κ1) is 12.0. The average Bonchev–Trinajstić information content (AvgIpc) is 2.60. The highest BCUT2D eigenvalue weighted by Gasteiger charge is 2.48. The molecule has 3 aliphatic carbocycles. The summed E-state index contributed by atoms with van der Waals surface area (Å²) in [5.74, 6) is 0. The predicted octanol–water partition coefficient (Wildman–Crippen LogP) is 5.35. The topological polar surface area (TPSA) is 0 Å². The van der Waals surface area contributed by atoms with Crippen molar-refractivity contribution in [3.05, 3.63) is 47.1 Å². The first-order chi connectivity index (χ1) is 8.54. The van der Waals surface area contributed by atoms with Crippen LogP contribution in [0.25, 0.3) is 0 Å². The van der Waals surface area contributed by atoms with E-state index < -0.39 is 0 Å². The van der Waals surface area contributed by atoms with Gasteiger partial charge in [-0.25, -0.2) is 0 Å². The molecule has 1 unspecified atom stereocenters. The molecule has 1 saturated carbocycles. The van der Waals surface area contributed by atoms with Crippen molar-refractivity contribution in [2.24, 2.45) is 10.8 Å². The second kappa shape index (κ2) is 3.98. The highest BCUT2D eigenvalue weighted by atomic mass is 14.5. The van der Waals surface area contributed by atoms with Gasteiger partial charge in [0.2, 0.25) is 0 Å². The van der Waals surface area contributed by atoms with Crippen molar-refractivity contribution in [2.75, 3.05) is 0 Å². The van der Waals surface area contributed by atoms with E-state index in [2.05, 4.69) is 51.2 Å². The third-order valence-electron chi connectivity index (χ3n) is 4.90. The lowest BCUT2D eigenvalue weighted by atomic mass is 9.73. The summed E-state index contributed by atoms with van der Waals surface area (Å²) >= 11 is 0. The van der Waals surface area contributed by atoms with Gasteiger partial charge in [-0.05, 0) is 54.2 Å². The van der Waals surface area contributed by atoms with Gasteiger partial charge in [-0.1, -0.05) is 51.2 Å². The Kier molecular flexibility index (Phi) is 2.66. The van der Waals surface area contributed by atoms with Crippen LogP contribution in [-0.2, 0) is 0 Å². The predicted molar refractivity (Wildman–Crippen MR) is 78.4 cm³/mol. The van der Waals surface area contributed by atoms with Gasteiger partial charge in [0.05, 0.1) is 0 Å². The molecule has 0 spiro atoms. The molecule has 3 aliphatic rings. The lowest BCUT2D eigenvalue weighted by molar-refractivity contribution is 0.358. The number of hydrogen-bond donors (Lipinski definition) is 0. The molecule has 96 valence electrons. The Morgan fingerprint density at radius 1 is 0.833 bits per heavy atom. The third kappa shape index (κ3) is 1.66. The summed E-state index contributed by atoms with van der Waals surface area (Å²) in [6.07, 6.45) is 18.3. The van der Waals surface area contributed by atoms with Crippen molar-refractivity contribution in [1.82, 2.24) is 0 Å². The van der Waals surface area contributed by atoms with Crippen molar-refractivity contribution in [2.45, 2.75) is 52.9 Å². The highest BCUT2D eigenvalue weighted by molar-refractivity contribution is 5.54. The molecule has 1 atom stereocenters. The minimum absolute atomic E-state index is 0.257. The van der Waals surface area contributed by atoms with Gasteiger partial charge in [0.15, 0.2) is 0 Å².